The number of hydrogen-bond donors (Lipinski definition) is 0. The Balaban J connectivity index is 1.06. The summed E-state index contributed by atoms with van der Waals surface area (Å²) < 4.78 is 0.708. The van der Waals surface area contributed by atoms with Gasteiger partial charge in [0.2, 0.25) is 0 Å². The van der Waals surface area contributed by atoms with Gasteiger partial charge < -0.3 is 0 Å². The number of fused-ring (bicyclic) bond motifs is 11. The Bertz CT molecular complexity index is 3520. The molecule has 3 unspecified atom stereocenters. The Morgan fingerprint density at radius 2 is 0.939 bits per heavy atom. The van der Waals surface area contributed by atoms with Crippen LogP contribution in [-0.4, -0.2) is 3.92 Å². The van der Waals surface area contributed by atoms with E-state index in [2.05, 4.69) is 222 Å². The van der Waals surface area contributed by atoms with E-state index >= 15 is 0 Å². The molecule has 5 aliphatic rings. The highest BCUT2D eigenvalue weighted by Crippen LogP contribution is 2.59. The quantitative estimate of drug-likeness (QED) is 0.122. The number of rotatable bonds is 4. The molecule has 5 aliphatic carbocycles. The molecule has 1 heteroatoms. The Hall–Kier alpha value is -5.51. The van der Waals surface area contributed by atoms with E-state index < -0.39 is 0 Å². The van der Waals surface area contributed by atoms with E-state index in [4.69, 9.17) is 0 Å². The van der Waals surface area contributed by atoms with E-state index in [1.807, 2.05) is 0 Å². The molecule has 0 aliphatic heterocycles. The predicted molar refractivity (Wildman–Crippen MR) is 289 cm³/mol. The number of halogens is 1. The number of alkyl halides is 1. The van der Waals surface area contributed by atoms with Gasteiger partial charge in [-0.15, -0.1) is 0 Å². The average molecular weight is 965 g/mol. The molecule has 0 bridgehead atoms. The van der Waals surface area contributed by atoms with E-state index in [1.165, 1.54) is 129 Å². The minimum atomic E-state index is -0.0910. The van der Waals surface area contributed by atoms with Crippen molar-refractivity contribution < 1.29 is 0 Å². The van der Waals surface area contributed by atoms with Crippen LogP contribution in [0.1, 0.15) is 113 Å². The van der Waals surface area contributed by atoms with Crippen LogP contribution in [0.15, 0.2) is 146 Å². The second-order valence-electron chi connectivity index (χ2n) is 21.8. The fraction of sp³-hybridized carbons (Fsp3) is 0.262. The predicted octanol–water partition coefficient (Wildman–Crippen LogP) is 16.5. The van der Waals surface area contributed by atoms with E-state index in [9.17, 15) is 0 Å². The van der Waals surface area contributed by atoms with E-state index in [0.29, 0.717) is 15.8 Å². The van der Waals surface area contributed by atoms with Gasteiger partial charge in [0, 0.05) is 14.8 Å². The highest BCUT2D eigenvalue weighted by atomic mass is 127. The summed E-state index contributed by atoms with van der Waals surface area (Å²) in [5, 5.41) is 5.40. The van der Waals surface area contributed by atoms with Gasteiger partial charge in [-0.2, -0.15) is 0 Å². The summed E-state index contributed by atoms with van der Waals surface area (Å²) in [5.74, 6) is 1.37. The van der Waals surface area contributed by atoms with Crippen molar-refractivity contribution in [3.8, 4) is 66.8 Å². The standard InChI is InChI=1S/C65H57I/c1-63(2)53-22-13-11-17-43(53)45-30-26-39(35-56(45)63)38-27-32-50-52(34-38)60(41-29-31-46-44-18-12-14-23-54(44)64(3,4)57(46)37-41)48-20-9-10-21-49(48)61(50)47-19-8-7-16-42(47)40-28-33-51-58(36-40)65(5,6)55-24-15-25-59(66)62(51)55/h7-8,11-14,16-23,26-37,55,59,62H,9-10,15,24-25H2,1-6H3. The van der Waals surface area contributed by atoms with Crippen LogP contribution in [0, 0.1) is 5.92 Å². The Morgan fingerprint density at radius 1 is 0.424 bits per heavy atom. The van der Waals surface area contributed by atoms with Crippen molar-refractivity contribution >= 4 is 45.5 Å². The number of benzene rings is 8. The van der Waals surface area contributed by atoms with Crippen molar-refractivity contribution in [1.82, 2.24) is 0 Å². The first-order valence-electron chi connectivity index (χ1n) is 24.6. The molecule has 0 radical (unpaired) electrons. The molecule has 0 heterocycles. The van der Waals surface area contributed by atoms with Crippen LogP contribution in [0.4, 0.5) is 0 Å². The molecule has 66 heavy (non-hydrogen) atoms. The molecule has 324 valence electrons. The van der Waals surface area contributed by atoms with Crippen molar-refractivity contribution in [2.24, 2.45) is 5.92 Å². The second kappa shape index (κ2) is 14.5. The van der Waals surface area contributed by atoms with Gasteiger partial charge in [-0.3, -0.25) is 0 Å². The molecule has 3 atom stereocenters. The minimum Gasteiger partial charge on any atom is -0.0819 e. The Labute approximate surface area is 404 Å². The normalized spacial score (nSPS) is 20.8. The zero-order valence-electron chi connectivity index (χ0n) is 39.2. The molecule has 13 rings (SSSR count). The molecule has 0 N–H and O–H groups in total. The third kappa shape index (κ3) is 5.68. The fourth-order valence-corrected chi connectivity index (χ4v) is 15.4. The summed E-state index contributed by atoms with van der Waals surface area (Å²) in [4.78, 5) is 0. The topological polar surface area (TPSA) is 0 Å². The molecular formula is C65H57I. The van der Waals surface area contributed by atoms with Crippen molar-refractivity contribution in [2.75, 3.05) is 0 Å². The van der Waals surface area contributed by atoms with Gasteiger partial charge in [-0.05, 0) is 182 Å². The van der Waals surface area contributed by atoms with Crippen LogP contribution in [0.5, 0.6) is 0 Å². The Kier molecular flexibility index (Phi) is 8.95. The first-order chi connectivity index (χ1) is 31.9. The van der Waals surface area contributed by atoms with Gasteiger partial charge in [0.05, 0.1) is 0 Å². The monoisotopic (exact) mass is 964 g/mol. The van der Waals surface area contributed by atoms with Crippen LogP contribution in [0.3, 0.4) is 0 Å². The van der Waals surface area contributed by atoms with Gasteiger partial charge in [0.15, 0.2) is 0 Å². The molecule has 1 fully saturated rings. The van der Waals surface area contributed by atoms with Gasteiger partial charge >= 0.3 is 0 Å². The van der Waals surface area contributed by atoms with Crippen LogP contribution in [0.2, 0.25) is 0 Å². The van der Waals surface area contributed by atoms with Crippen molar-refractivity contribution in [3.05, 3.63) is 189 Å². The summed E-state index contributed by atoms with van der Waals surface area (Å²) in [5.41, 5.74) is 24.9. The molecule has 0 aromatic heterocycles. The maximum Gasteiger partial charge on any atom is 0.0181 e. The molecule has 8 aromatic carbocycles. The minimum absolute atomic E-state index is 0.0673. The first kappa shape index (κ1) is 40.7. The number of hydrogen-bond acceptors (Lipinski definition) is 0. The van der Waals surface area contributed by atoms with Crippen molar-refractivity contribution in [2.45, 2.75) is 99.7 Å². The molecule has 0 amide bonds. The molecule has 0 saturated heterocycles. The van der Waals surface area contributed by atoms with Crippen molar-refractivity contribution in [3.63, 3.8) is 0 Å². The largest absolute Gasteiger partial charge is 0.0819 e. The molecule has 8 aromatic rings. The summed E-state index contributed by atoms with van der Waals surface area (Å²) in [6, 6.07) is 57.0. The summed E-state index contributed by atoms with van der Waals surface area (Å²) in [6.45, 7) is 14.7. The molecule has 0 spiro atoms. The summed E-state index contributed by atoms with van der Waals surface area (Å²) in [6.07, 6.45) is 11.2. The maximum absolute atomic E-state index is 2.77. The fourth-order valence-electron chi connectivity index (χ4n) is 14.0. The zero-order valence-corrected chi connectivity index (χ0v) is 41.3. The van der Waals surface area contributed by atoms with Crippen LogP contribution >= 0.6 is 22.6 Å². The summed E-state index contributed by atoms with van der Waals surface area (Å²) in [7, 11) is 0. The van der Waals surface area contributed by atoms with Gasteiger partial charge in [0.25, 0.3) is 0 Å². The lowest BCUT2D eigenvalue weighted by atomic mass is 9.69. The SMILES string of the molecule is CC1(C)c2ccccc2-c2ccc(-c3ccc4c(-c5ccccc5-c5ccc6c(c5)C(C)(C)C5CCCC(I)C65)c5c(c(-c6ccc7c(c6)C(C)(C)c6ccccc6-7)c4c3)=CCCC=5)cc21. The second-order valence-corrected chi connectivity index (χ2v) is 23.4. The van der Waals surface area contributed by atoms with Crippen LogP contribution < -0.4 is 10.4 Å². The highest BCUT2D eigenvalue weighted by molar-refractivity contribution is 14.1. The zero-order chi connectivity index (χ0) is 44.9. The smallest absolute Gasteiger partial charge is 0.0181 e. The van der Waals surface area contributed by atoms with Gasteiger partial charge in [-0.25, -0.2) is 0 Å². The lowest BCUT2D eigenvalue weighted by Crippen LogP contribution is -2.32. The molecule has 1 saturated carbocycles. The van der Waals surface area contributed by atoms with Crippen molar-refractivity contribution in [1.29, 1.82) is 0 Å². The Morgan fingerprint density at radius 3 is 1.62 bits per heavy atom. The van der Waals surface area contributed by atoms with Crippen LogP contribution in [0.25, 0.3) is 89.7 Å². The average Bonchev–Trinajstić information content (AvgIpc) is 3.82. The van der Waals surface area contributed by atoms with Gasteiger partial charge in [0.1, 0.15) is 0 Å². The maximum atomic E-state index is 2.77. The highest BCUT2D eigenvalue weighted by Gasteiger charge is 2.50. The molecular weight excluding hydrogens is 908 g/mol. The summed E-state index contributed by atoms with van der Waals surface area (Å²) >= 11 is 2.77. The lowest BCUT2D eigenvalue weighted by Gasteiger charge is -2.37. The van der Waals surface area contributed by atoms with Gasteiger partial charge in [-0.1, -0.05) is 210 Å². The van der Waals surface area contributed by atoms with E-state index in [1.54, 1.807) is 11.1 Å². The van der Waals surface area contributed by atoms with E-state index in [-0.39, 0.29) is 16.2 Å². The third-order valence-electron chi connectivity index (χ3n) is 17.4. The van der Waals surface area contributed by atoms with E-state index in [0.717, 1.165) is 12.8 Å². The first-order valence-corrected chi connectivity index (χ1v) is 25.9. The van der Waals surface area contributed by atoms with Crippen LogP contribution in [-0.2, 0) is 16.2 Å². The third-order valence-corrected chi connectivity index (χ3v) is 18.8. The molecule has 0 nitrogen and oxygen atoms in total. The lowest BCUT2D eigenvalue weighted by molar-refractivity contribution is 0.242.